The fourth-order valence-electron chi connectivity index (χ4n) is 1.17. The lowest BCUT2D eigenvalue weighted by Gasteiger charge is -2.06. The third-order valence-electron chi connectivity index (χ3n) is 2.04. The molecule has 104 valence electrons. The number of carbonyl (C=O) groups is 2. The summed E-state index contributed by atoms with van der Waals surface area (Å²) in [6.45, 7) is -3.05. The first-order valence-corrected chi connectivity index (χ1v) is 4.88. The number of carbonyl (C=O) groups excluding carboxylic acids is 2. The molecule has 19 heavy (non-hydrogen) atoms. The SMILES string of the molecule is O=C(CC(=O)C(F)(F)F)c1ccc(OC(F)F)cc1. The fourth-order valence-corrected chi connectivity index (χ4v) is 1.17. The van der Waals surface area contributed by atoms with Crippen molar-refractivity contribution in [3.63, 3.8) is 0 Å². The highest BCUT2D eigenvalue weighted by Crippen LogP contribution is 2.20. The molecule has 0 saturated carbocycles. The van der Waals surface area contributed by atoms with Gasteiger partial charge in [-0.2, -0.15) is 22.0 Å². The third kappa shape index (κ3) is 4.65. The lowest BCUT2D eigenvalue weighted by atomic mass is 10.1. The molecule has 0 bridgehead atoms. The van der Waals surface area contributed by atoms with Crippen LogP contribution in [-0.2, 0) is 4.79 Å². The molecule has 0 aromatic heterocycles. The number of hydrogen-bond donors (Lipinski definition) is 0. The highest BCUT2D eigenvalue weighted by molar-refractivity contribution is 6.09. The van der Waals surface area contributed by atoms with Crippen molar-refractivity contribution in [2.75, 3.05) is 0 Å². The normalized spacial score (nSPS) is 11.5. The van der Waals surface area contributed by atoms with E-state index in [0.717, 1.165) is 24.3 Å². The van der Waals surface area contributed by atoms with Gasteiger partial charge in [-0.05, 0) is 24.3 Å². The summed E-state index contributed by atoms with van der Waals surface area (Å²) in [4.78, 5) is 21.9. The number of alkyl halides is 5. The Morgan fingerprint density at radius 3 is 2.05 bits per heavy atom. The molecule has 0 unspecified atom stereocenters. The van der Waals surface area contributed by atoms with Crippen LogP contribution in [0.3, 0.4) is 0 Å². The van der Waals surface area contributed by atoms with Crippen LogP contribution in [0.15, 0.2) is 24.3 Å². The van der Waals surface area contributed by atoms with Gasteiger partial charge in [0.05, 0.1) is 6.42 Å². The van der Waals surface area contributed by atoms with Crippen molar-refractivity contribution in [3.05, 3.63) is 29.8 Å². The van der Waals surface area contributed by atoms with Crippen molar-refractivity contribution in [3.8, 4) is 5.75 Å². The number of rotatable bonds is 5. The second-order valence-corrected chi connectivity index (χ2v) is 3.42. The van der Waals surface area contributed by atoms with E-state index >= 15 is 0 Å². The highest BCUT2D eigenvalue weighted by Gasteiger charge is 2.39. The largest absolute Gasteiger partial charge is 0.450 e. The molecule has 0 N–H and O–H groups in total. The van der Waals surface area contributed by atoms with Gasteiger partial charge in [0.1, 0.15) is 5.75 Å². The van der Waals surface area contributed by atoms with Crippen LogP contribution in [-0.4, -0.2) is 24.4 Å². The molecule has 0 aliphatic rings. The Kier molecular flexibility index (Phi) is 4.57. The highest BCUT2D eigenvalue weighted by atomic mass is 19.4. The summed E-state index contributed by atoms with van der Waals surface area (Å²) >= 11 is 0. The van der Waals surface area contributed by atoms with Crippen LogP contribution in [0.1, 0.15) is 16.8 Å². The molecule has 1 aromatic rings. The number of ether oxygens (including phenoxy) is 1. The predicted octanol–water partition coefficient (Wildman–Crippen LogP) is 2.99. The quantitative estimate of drug-likeness (QED) is 0.473. The standard InChI is InChI=1S/C11H7F5O3/c12-10(13)19-7-3-1-6(2-4-7)8(17)5-9(18)11(14,15)16/h1-4,10H,5H2. The van der Waals surface area contributed by atoms with Crippen LogP contribution >= 0.6 is 0 Å². The third-order valence-corrected chi connectivity index (χ3v) is 2.04. The van der Waals surface area contributed by atoms with E-state index in [1.807, 2.05) is 0 Å². The maximum Gasteiger partial charge on any atom is 0.450 e. The van der Waals surface area contributed by atoms with Gasteiger partial charge in [0.15, 0.2) is 5.78 Å². The van der Waals surface area contributed by atoms with Gasteiger partial charge in [0, 0.05) is 5.56 Å². The second-order valence-electron chi connectivity index (χ2n) is 3.42. The summed E-state index contributed by atoms with van der Waals surface area (Å²) in [5.41, 5.74) is -0.195. The van der Waals surface area contributed by atoms with Gasteiger partial charge < -0.3 is 4.74 Å². The molecule has 0 amide bonds. The average molecular weight is 282 g/mol. The topological polar surface area (TPSA) is 43.4 Å². The number of Topliss-reactive ketones (excluding diaryl/α,β-unsaturated/α-hetero) is 2. The van der Waals surface area contributed by atoms with Crippen LogP contribution in [0.4, 0.5) is 22.0 Å². The Morgan fingerprint density at radius 1 is 1.11 bits per heavy atom. The molecule has 1 aromatic carbocycles. The smallest absolute Gasteiger partial charge is 0.435 e. The molecule has 3 nitrogen and oxygen atoms in total. The fraction of sp³-hybridized carbons (Fsp3) is 0.273. The van der Waals surface area contributed by atoms with Crippen LogP contribution in [0, 0.1) is 0 Å². The van der Waals surface area contributed by atoms with Crippen molar-refractivity contribution in [1.29, 1.82) is 0 Å². The molecule has 0 aliphatic heterocycles. The van der Waals surface area contributed by atoms with E-state index in [2.05, 4.69) is 4.74 Å². The molecule has 0 aliphatic carbocycles. The summed E-state index contributed by atoms with van der Waals surface area (Å²) < 4.78 is 63.4. The monoisotopic (exact) mass is 282 g/mol. The average Bonchev–Trinajstić information content (AvgIpc) is 2.27. The molecule has 8 heteroatoms. The van der Waals surface area contributed by atoms with Crippen LogP contribution in [0.2, 0.25) is 0 Å². The van der Waals surface area contributed by atoms with Gasteiger partial charge in [-0.3, -0.25) is 9.59 Å². The predicted molar refractivity (Wildman–Crippen MR) is 53.1 cm³/mol. The van der Waals surface area contributed by atoms with Gasteiger partial charge in [0.25, 0.3) is 0 Å². The molecule has 0 saturated heterocycles. The van der Waals surface area contributed by atoms with Gasteiger partial charge in [-0.25, -0.2) is 0 Å². The van der Waals surface area contributed by atoms with Crippen molar-refractivity contribution in [1.82, 2.24) is 0 Å². The van der Waals surface area contributed by atoms with E-state index in [9.17, 15) is 31.5 Å². The van der Waals surface area contributed by atoms with Crippen LogP contribution < -0.4 is 4.74 Å². The first-order valence-electron chi connectivity index (χ1n) is 4.88. The molecule has 0 atom stereocenters. The molecule has 1 rings (SSSR count). The zero-order chi connectivity index (χ0) is 14.6. The van der Waals surface area contributed by atoms with E-state index in [1.165, 1.54) is 0 Å². The van der Waals surface area contributed by atoms with E-state index in [1.54, 1.807) is 0 Å². The lowest BCUT2D eigenvalue weighted by Crippen LogP contribution is -2.25. The first-order chi connectivity index (χ1) is 8.70. The van der Waals surface area contributed by atoms with Crippen molar-refractivity contribution in [2.45, 2.75) is 19.2 Å². The van der Waals surface area contributed by atoms with Gasteiger partial charge in [0.2, 0.25) is 5.78 Å². The van der Waals surface area contributed by atoms with Gasteiger partial charge in [-0.15, -0.1) is 0 Å². The maximum absolute atomic E-state index is 11.9. The summed E-state index contributed by atoms with van der Waals surface area (Å²) in [5, 5.41) is 0. The van der Waals surface area contributed by atoms with Crippen molar-refractivity contribution >= 4 is 11.6 Å². The molecule has 0 spiro atoms. The first kappa shape index (κ1) is 15.1. The van der Waals surface area contributed by atoms with E-state index in [-0.39, 0.29) is 11.3 Å². The molecule has 0 heterocycles. The Hall–Kier alpha value is -1.99. The van der Waals surface area contributed by atoms with E-state index < -0.39 is 30.8 Å². The minimum atomic E-state index is -5.08. The van der Waals surface area contributed by atoms with Gasteiger partial charge in [-0.1, -0.05) is 0 Å². The molecule has 0 fully saturated rings. The number of ketones is 2. The zero-order valence-corrected chi connectivity index (χ0v) is 9.21. The maximum atomic E-state index is 11.9. The molecule has 0 radical (unpaired) electrons. The Morgan fingerprint density at radius 2 is 1.63 bits per heavy atom. The van der Waals surface area contributed by atoms with Crippen molar-refractivity contribution in [2.24, 2.45) is 0 Å². The Bertz CT molecular complexity index is 464. The van der Waals surface area contributed by atoms with E-state index in [4.69, 9.17) is 0 Å². The number of benzene rings is 1. The molecular weight excluding hydrogens is 275 g/mol. The van der Waals surface area contributed by atoms with Crippen molar-refractivity contribution < 1.29 is 36.3 Å². The zero-order valence-electron chi connectivity index (χ0n) is 9.21. The summed E-state index contributed by atoms with van der Waals surface area (Å²) in [7, 11) is 0. The lowest BCUT2D eigenvalue weighted by molar-refractivity contribution is -0.170. The Balaban J connectivity index is 2.71. The Labute approximate surface area is 104 Å². The van der Waals surface area contributed by atoms with E-state index in [0.29, 0.717) is 0 Å². The minimum Gasteiger partial charge on any atom is -0.435 e. The van der Waals surface area contributed by atoms with Crippen LogP contribution in [0.5, 0.6) is 5.75 Å². The summed E-state index contributed by atoms with van der Waals surface area (Å²) in [5.74, 6) is -3.45. The number of halogens is 5. The number of hydrogen-bond acceptors (Lipinski definition) is 3. The minimum absolute atomic E-state index is 0.195. The summed E-state index contributed by atoms with van der Waals surface area (Å²) in [6, 6.07) is 4.00. The van der Waals surface area contributed by atoms with Crippen LogP contribution in [0.25, 0.3) is 0 Å². The molecular formula is C11H7F5O3. The summed E-state index contributed by atoms with van der Waals surface area (Å²) in [6.07, 6.45) is -6.40. The second kappa shape index (κ2) is 5.77. The van der Waals surface area contributed by atoms with Gasteiger partial charge >= 0.3 is 12.8 Å².